The molecule has 1 N–H and O–H groups in total. The number of hydrogen-bond acceptors (Lipinski definition) is 4. The first kappa shape index (κ1) is 19.1. The van der Waals surface area contributed by atoms with Gasteiger partial charge in [0.1, 0.15) is 6.10 Å². The summed E-state index contributed by atoms with van der Waals surface area (Å²) in [6.07, 6.45) is 0.796. The van der Waals surface area contributed by atoms with Gasteiger partial charge in [-0.1, -0.05) is 48.5 Å². The van der Waals surface area contributed by atoms with Crippen LogP contribution in [0.25, 0.3) is 0 Å². The molecule has 148 valence electrons. The van der Waals surface area contributed by atoms with Gasteiger partial charge in [0.05, 0.1) is 18.2 Å². The van der Waals surface area contributed by atoms with Crippen molar-refractivity contribution in [2.75, 3.05) is 31.1 Å². The number of aliphatic hydroxyl groups is 1. The average molecular weight is 380 g/mol. The van der Waals surface area contributed by atoms with Crippen LogP contribution in [-0.4, -0.2) is 53.8 Å². The van der Waals surface area contributed by atoms with Gasteiger partial charge >= 0.3 is 0 Å². The standard InChI is InChI=1S/C23H28N2O3/c1-18-22(27)25(20-10-6-3-7-11-20)17-23(28-18)12-14-24(15-13-23)16-21(26)19-8-4-2-5-9-19/h2-11,18,21,26H,12-17H2,1H3/t18-,21+/m0/s1. The van der Waals surface area contributed by atoms with Crippen molar-refractivity contribution in [2.45, 2.75) is 37.6 Å². The monoisotopic (exact) mass is 380 g/mol. The molecule has 2 heterocycles. The number of benzene rings is 2. The Hall–Kier alpha value is -2.21. The molecule has 2 aromatic rings. The SMILES string of the molecule is C[C@@H]1OC2(CCN(C[C@@H](O)c3ccccc3)CC2)CN(c2ccccc2)C1=O. The smallest absolute Gasteiger partial charge is 0.255 e. The number of nitrogens with zero attached hydrogens (tertiary/aromatic N) is 2. The van der Waals surface area contributed by atoms with Crippen LogP contribution in [-0.2, 0) is 9.53 Å². The van der Waals surface area contributed by atoms with Crippen molar-refractivity contribution in [3.05, 3.63) is 66.2 Å². The first-order valence-electron chi connectivity index (χ1n) is 10.1. The molecule has 5 nitrogen and oxygen atoms in total. The summed E-state index contributed by atoms with van der Waals surface area (Å²) in [6, 6.07) is 19.6. The highest BCUT2D eigenvalue weighted by Crippen LogP contribution is 2.35. The maximum Gasteiger partial charge on any atom is 0.255 e. The van der Waals surface area contributed by atoms with Crippen molar-refractivity contribution in [2.24, 2.45) is 0 Å². The summed E-state index contributed by atoms with van der Waals surface area (Å²) in [5.41, 5.74) is 1.58. The Morgan fingerprint density at radius 2 is 1.68 bits per heavy atom. The van der Waals surface area contributed by atoms with E-state index in [-0.39, 0.29) is 11.5 Å². The molecule has 0 bridgehead atoms. The number of likely N-dealkylation sites (tertiary alicyclic amines) is 1. The number of para-hydroxylation sites is 1. The second-order valence-corrected chi connectivity index (χ2v) is 7.93. The summed E-state index contributed by atoms with van der Waals surface area (Å²) in [4.78, 5) is 16.8. The minimum absolute atomic E-state index is 0.0266. The highest BCUT2D eigenvalue weighted by molar-refractivity contribution is 5.97. The predicted octanol–water partition coefficient (Wildman–Crippen LogP) is 3.01. The molecule has 0 aromatic heterocycles. The zero-order valence-electron chi connectivity index (χ0n) is 16.3. The average Bonchev–Trinajstić information content (AvgIpc) is 2.74. The van der Waals surface area contributed by atoms with Gasteiger partial charge < -0.3 is 19.6 Å². The number of piperidine rings is 1. The fourth-order valence-electron chi connectivity index (χ4n) is 4.32. The van der Waals surface area contributed by atoms with Crippen LogP contribution in [0.5, 0.6) is 0 Å². The third kappa shape index (κ3) is 3.97. The molecule has 0 radical (unpaired) electrons. The van der Waals surface area contributed by atoms with E-state index in [0.717, 1.165) is 37.2 Å². The molecule has 2 saturated heterocycles. The van der Waals surface area contributed by atoms with Crippen LogP contribution in [0.4, 0.5) is 5.69 Å². The van der Waals surface area contributed by atoms with Crippen molar-refractivity contribution < 1.29 is 14.6 Å². The second kappa shape index (κ2) is 8.03. The highest BCUT2D eigenvalue weighted by Gasteiger charge is 2.45. The maximum atomic E-state index is 12.7. The topological polar surface area (TPSA) is 53.0 Å². The summed E-state index contributed by atoms with van der Waals surface area (Å²) < 4.78 is 6.24. The van der Waals surface area contributed by atoms with Crippen LogP contribution in [0.15, 0.2) is 60.7 Å². The molecule has 0 aliphatic carbocycles. The minimum atomic E-state index is -0.483. The van der Waals surface area contributed by atoms with Crippen molar-refractivity contribution in [1.82, 2.24) is 4.90 Å². The van der Waals surface area contributed by atoms with Crippen LogP contribution < -0.4 is 4.90 Å². The number of aliphatic hydroxyl groups excluding tert-OH is 1. The first-order valence-corrected chi connectivity index (χ1v) is 10.1. The number of β-amino-alcohol motifs (C(OH)–C–C–N with tert-alkyl or cyclic N) is 1. The van der Waals surface area contributed by atoms with Gasteiger partial charge in [-0.05, 0) is 37.5 Å². The van der Waals surface area contributed by atoms with Gasteiger partial charge in [-0.3, -0.25) is 4.79 Å². The van der Waals surface area contributed by atoms with E-state index in [4.69, 9.17) is 4.74 Å². The lowest BCUT2D eigenvalue weighted by atomic mass is 9.88. The number of hydrogen-bond donors (Lipinski definition) is 1. The number of morpholine rings is 1. The van der Waals surface area contributed by atoms with Crippen LogP contribution >= 0.6 is 0 Å². The fourth-order valence-corrected chi connectivity index (χ4v) is 4.32. The van der Waals surface area contributed by atoms with Gasteiger partial charge in [0, 0.05) is 25.3 Å². The van der Waals surface area contributed by atoms with Gasteiger partial charge in [0.2, 0.25) is 0 Å². The molecule has 28 heavy (non-hydrogen) atoms. The Morgan fingerprint density at radius 1 is 1.07 bits per heavy atom. The molecule has 1 spiro atoms. The molecule has 0 unspecified atom stereocenters. The Bertz CT molecular complexity index is 788. The number of anilines is 1. The van der Waals surface area contributed by atoms with Crippen LogP contribution in [0.2, 0.25) is 0 Å². The van der Waals surface area contributed by atoms with Crippen LogP contribution in [0, 0.1) is 0 Å². The van der Waals surface area contributed by atoms with Crippen molar-refractivity contribution in [1.29, 1.82) is 0 Å². The molecule has 2 atom stereocenters. The van der Waals surface area contributed by atoms with Gasteiger partial charge in [-0.2, -0.15) is 0 Å². The lowest BCUT2D eigenvalue weighted by Crippen LogP contribution is -2.61. The van der Waals surface area contributed by atoms with E-state index in [9.17, 15) is 9.90 Å². The molecule has 1 amide bonds. The largest absolute Gasteiger partial charge is 0.387 e. The van der Waals surface area contributed by atoms with Crippen molar-refractivity contribution >= 4 is 11.6 Å². The summed E-state index contributed by atoms with van der Waals surface area (Å²) in [7, 11) is 0. The van der Waals surface area contributed by atoms with Crippen LogP contribution in [0.3, 0.4) is 0 Å². The van der Waals surface area contributed by atoms with Crippen molar-refractivity contribution in [3.8, 4) is 0 Å². The molecule has 4 rings (SSSR count). The Morgan fingerprint density at radius 3 is 2.32 bits per heavy atom. The lowest BCUT2D eigenvalue weighted by Gasteiger charge is -2.49. The number of carbonyl (C=O) groups is 1. The maximum absolute atomic E-state index is 12.7. The highest BCUT2D eigenvalue weighted by atomic mass is 16.5. The summed E-state index contributed by atoms with van der Waals surface area (Å²) in [5, 5.41) is 10.5. The third-order valence-electron chi connectivity index (χ3n) is 5.94. The zero-order valence-corrected chi connectivity index (χ0v) is 16.3. The van der Waals surface area contributed by atoms with E-state index in [1.54, 1.807) is 0 Å². The van der Waals surface area contributed by atoms with E-state index in [1.165, 1.54) is 0 Å². The summed E-state index contributed by atoms with van der Waals surface area (Å²) in [5.74, 6) is 0.0266. The molecule has 2 aliphatic rings. The van der Waals surface area contributed by atoms with E-state index in [2.05, 4.69) is 4.90 Å². The van der Waals surface area contributed by atoms with Crippen LogP contribution in [0.1, 0.15) is 31.4 Å². The quantitative estimate of drug-likeness (QED) is 0.886. The lowest BCUT2D eigenvalue weighted by molar-refractivity contribution is -0.162. The minimum Gasteiger partial charge on any atom is -0.387 e. The molecule has 2 aliphatic heterocycles. The number of carbonyl (C=O) groups excluding carboxylic acids is 1. The molecular formula is C23H28N2O3. The molecule has 0 saturated carbocycles. The van der Waals surface area contributed by atoms with E-state index < -0.39 is 12.2 Å². The molecule has 2 fully saturated rings. The number of amides is 1. The fraction of sp³-hybridized carbons (Fsp3) is 0.435. The van der Waals surface area contributed by atoms with Gasteiger partial charge in [-0.15, -0.1) is 0 Å². The molecular weight excluding hydrogens is 352 g/mol. The second-order valence-electron chi connectivity index (χ2n) is 7.93. The Labute approximate surface area is 166 Å². The van der Waals surface area contributed by atoms with Crippen molar-refractivity contribution in [3.63, 3.8) is 0 Å². The third-order valence-corrected chi connectivity index (χ3v) is 5.94. The predicted molar refractivity (Wildman–Crippen MR) is 109 cm³/mol. The van der Waals surface area contributed by atoms with Gasteiger partial charge in [0.15, 0.2) is 0 Å². The van der Waals surface area contributed by atoms with E-state index in [1.807, 2.05) is 72.5 Å². The van der Waals surface area contributed by atoms with E-state index >= 15 is 0 Å². The van der Waals surface area contributed by atoms with Gasteiger partial charge in [0.25, 0.3) is 5.91 Å². The Balaban J connectivity index is 1.41. The first-order chi connectivity index (χ1) is 13.6. The Kier molecular flexibility index (Phi) is 5.49. The molecule has 2 aromatic carbocycles. The molecule has 5 heteroatoms. The summed E-state index contributed by atoms with van der Waals surface area (Å²) in [6.45, 7) is 4.78. The number of ether oxygens (including phenoxy) is 1. The summed E-state index contributed by atoms with van der Waals surface area (Å²) >= 11 is 0. The van der Waals surface area contributed by atoms with Gasteiger partial charge in [-0.25, -0.2) is 0 Å². The zero-order chi connectivity index (χ0) is 19.6. The van der Waals surface area contributed by atoms with E-state index in [0.29, 0.717) is 13.1 Å². The normalized spacial score (nSPS) is 23.7. The number of rotatable bonds is 4.